The lowest BCUT2D eigenvalue weighted by atomic mass is 10.1. The fraction of sp³-hybridized carbons (Fsp3) is 0.591. The van der Waals surface area contributed by atoms with Crippen LogP contribution in [0.2, 0.25) is 0 Å². The maximum atomic E-state index is 10.3. The first-order chi connectivity index (χ1) is 14.1. The van der Waals surface area contributed by atoms with Crippen LogP contribution in [0.25, 0.3) is 0 Å². The van der Waals surface area contributed by atoms with Gasteiger partial charge in [-0.25, -0.2) is 0 Å². The highest BCUT2D eigenvalue weighted by Crippen LogP contribution is 2.25. The summed E-state index contributed by atoms with van der Waals surface area (Å²) in [5.74, 6) is 0.819. The highest BCUT2D eigenvalue weighted by Gasteiger charge is 2.29. The zero-order valence-electron chi connectivity index (χ0n) is 17.5. The molecule has 0 amide bonds. The lowest BCUT2D eigenvalue weighted by Crippen LogP contribution is -2.47. The van der Waals surface area contributed by atoms with E-state index in [-0.39, 0.29) is 0 Å². The van der Waals surface area contributed by atoms with Gasteiger partial charge in [-0.3, -0.25) is 14.5 Å². The molecule has 1 unspecified atom stereocenters. The number of hydrogen-bond donors (Lipinski definition) is 1. The van der Waals surface area contributed by atoms with Gasteiger partial charge in [0, 0.05) is 45.0 Å². The predicted molar refractivity (Wildman–Crippen MR) is 111 cm³/mol. The van der Waals surface area contributed by atoms with Crippen molar-refractivity contribution in [3.05, 3.63) is 47.3 Å². The molecule has 0 saturated carbocycles. The molecule has 3 heterocycles. The Hall–Kier alpha value is -1.93. The Morgan fingerprint density at radius 2 is 1.97 bits per heavy atom. The minimum absolute atomic E-state index is 0.310. The van der Waals surface area contributed by atoms with Crippen molar-refractivity contribution in [1.29, 1.82) is 0 Å². The predicted octanol–water partition coefficient (Wildman–Crippen LogP) is 1.63. The summed E-state index contributed by atoms with van der Waals surface area (Å²) in [4.78, 5) is 4.64. The molecule has 2 aliphatic rings. The molecule has 0 aliphatic carbocycles. The van der Waals surface area contributed by atoms with Crippen LogP contribution >= 0.6 is 0 Å². The summed E-state index contributed by atoms with van der Waals surface area (Å²) < 4.78 is 13.4. The molecule has 1 N–H and O–H groups in total. The third-order valence-electron chi connectivity index (χ3n) is 5.65. The van der Waals surface area contributed by atoms with Gasteiger partial charge in [-0.2, -0.15) is 5.10 Å². The van der Waals surface area contributed by atoms with Gasteiger partial charge in [0.1, 0.15) is 18.5 Å². The normalized spacial score (nSPS) is 19.8. The van der Waals surface area contributed by atoms with E-state index in [4.69, 9.17) is 9.47 Å². The highest BCUT2D eigenvalue weighted by molar-refractivity contribution is 5.28. The molecule has 158 valence electrons. The third-order valence-corrected chi connectivity index (χ3v) is 5.65. The van der Waals surface area contributed by atoms with E-state index >= 15 is 0 Å². The molecular weight excluding hydrogens is 368 g/mol. The van der Waals surface area contributed by atoms with Crippen molar-refractivity contribution < 1.29 is 14.6 Å². The number of rotatable bonds is 8. The first kappa shape index (κ1) is 20.3. The molecule has 4 rings (SSSR count). The van der Waals surface area contributed by atoms with Gasteiger partial charge in [-0.15, -0.1) is 0 Å². The number of aliphatic hydroxyl groups excluding tert-OH is 1. The second-order valence-corrected chi connectivity index (χ2v) is 8.24. The van der Waals surface area contributed by atoms with Gasteiger partial charge < -0.3 is 14.6 Å². The minimum Gasteiger partial charge on any atom is -0.491 e. The Morgan fingerprint density at radius 3 is 2.69 bits per heavy atom. The molecule has 2 aromatic rings. The van der Waals surface area contributed by atoms with Gasteiger partial charge in [-0.05, 0) is 37.6 Å². The fourth-order valence-corrected chi connectivity index (χ4v) is 4.16. The minimum atomic E-state index is -0.492. The van der Waals surface area contributed by atoms with Crippen LogP contribution in [-0.2, 0) is 11.3 Å². The Morgan fingerprint density at radius 1 is 1.17 bits per heavy atom. The van der Waals surface area contributed by atoms with Gasteiger partial charge in [0.25, 0.3) is 0 Å². The van der Waals surface area contributed by atoms with Crippen molar-refractivity contribution in [1.82, 2.24) is 19.6 Å². The van der Waals surface area contributed by atoms with Gasteiger partial charge in [-0.1, -0.05) is 12.1 Å². The fourth-order valence-electron chi connectivity index (χ4n) is 4.16. The summed E-state index contributed by atoms with van der Waals surface area (Å²) in [6.07, 6.45) is -0.492. The molecule has 2 aliphatic heterocycles. The first-order valence-corrected chi connectivity index (χ1v) is 10.5. The van der Waals surface area contributed by atoms with Gasteiger partial charge in [0.05, 0.1) is 24.9 Å². The van der Waals surface area contributed by atoms with Crippen molar-refractivity contribution in [2.75, 3.05) is 52.5 Å². The zero-order valence-corrected chi connectivity index (χ0v) is 17.5. The summed E-state index contributed by atoms with van der Waals surface area (Å²) in [5.41, 5.74) is 3.55. The molecule has 2 saturated heterocycles. The molecule has 0 spiro atoms. The second-order valence-electron chi connectivity index (χ2n) is 8.24. The number of aromatic nitrogens is 2. The van der Waals surface area contributed by atoms with Crippen LogP contribution in [0.1, 0.15) is 23.0 Å². The summed E-state index contributed by atoms with van der Waals surface area (Å²) in [5, 5.41) is 14.9. The molecule has 7 heteroatoms. The lowest BCUT2D eigenvalue weighted by molar-refractivity contribution is 0.00463. The van der Waals surface area contributed by atoms with Crippen LogP contribution in [0.4, 0.5) is 0 Å². The highest BCUT2D eigenvalue weighted by atomic mass is 16.5. The average Bonchev–Trinajstić information content (AvgIpc) is 3.01. The van der Waals surface area contributed by atoms with Gasteiger partial charge in [0.2, 0.25) is 0 Å². The van der Waals surface area contributed by atoms with Crippen LogP contribution < -0.4 is 4.74 Å². The van der Waals surface area contributed by atoms with Crippen LogP contribution in [0.5, 0.6) is 5.75 Å². The standard InChI is InChI=1S/C22H32N4O3/c1-17-10-18(2)26(23-17)20-13-25(14-20)12-19-4-3-5-22(11-19)29-16-21(27)15-24-6-8-28-9-7-24/h3-5,10-11,20-21,27H,6-9,12-16H2,1-2H3. The molecule has 7 nitrogen and oxygen atoms in total. The van der Waals surface area contributed by atoms with Crippen molar-refractivity contribution in [2.24, 2.45) is 0 Å². The van der Waals surface area contributed by atoms with E-state index in [1.165, 1.54) is 11.3 Å². The van der Waals surface area contributed by atoms with E-state index in [1.807, 2.05) is 19.1 Å². The molecule has 1 aromatic heterocycles. The largest absolute Gasteiger partial charge is 0.491 e. The van der Waals surface area contributed by atoms with E-state index in [0.717, 1.165) is 57.4 Å². The maximum absolute atomic E-state index is 10.3. The smallest absolute Gasteiger partial charge is 0.119 e. The topological polar surface area (TPSA) is 63.0 Å². The van der Waals surface area contributed by atoms with E-state index in [0.29, 0.717) is 19.2 Å². The molecule has 0 radical (unpaired) electrons. The number of hydrogen-bond acceptors (Lipinski definition) is 6. The van der Waals surface area contributed by atoms with E-state index < -0.39 is 6.10 Å². The number of β-amino-alcohol motifs (C(OH)–C–C–N with tert-alkyl or cyclic N) is 1. The zero-order chi connectivity index (χ0) is 20.2. The molecular formula is C22H32N4O3. The molecule has 0 bridgehead atoms. The Kier molecular flexibility index (Phi) is 6.50. The molecule has 1 atom stereocenters. The Bertz CT molecular complexity index is 797. The van der Waals surface area contributed by atoms with Crippen LogP contribution in [0.3, 0.4) is 0 Å². The van der Waals surface area contributed by atoms with Crippen molar-refractivity contribution in [3.63, 3.8) is 0 Å². The average molecular weight is 401 g/mol. The monoisotopic (exact) mass is 400 g/mol. The molecule has 29 heavy (non-hydrogen) atoms. The lowest BCUT2D eigenvalue weighted by Gasteiger charge is -2.39. The Balaban J connectivity index is 1.22. The summed E-state index contributed by atoms with van der Waals surface area (Å²) in [7, 11) is 0. The van der Waals surface area contributed by atoms with E-state index in [2.05, 4.69) is 44.7 Å². The van der Waals surface area contributed by atoms with Crippen LogP contribution in [0, 0.1) is 13.8 Å². The Labute approximate surface area is 172 Å². The van der Waals surface area contributed by atoms with Gasteiger partial charge in [0.15, 0.2) is 0 Å². The van der Waals surface area contributed by atoms with Crippen molar-refractivity contribution in [2.45, 2.75) is 32.5 Å². The second kappa shape index (κ2) is 9.26. The molecule has 2 fully saturated rings. The number of aryl methyl sites for hydroxylation is 2. The summed E-state index contributed by atoms with van der Waals surface area (Å²) >= 11 is 0. The number of ether oxygens (including phenoxy) is 2. The SMILES string of the molecule is Cc1cc(C)n(C2CN(Cc3cccc(OCC(O)CN4CCOCC4)c3)C2)n1. The number of aliphatic hydroxyl groups is 1. The first-order valence-electron chi connectivity index (χ1n) is 10.5. The molecule has 1 aromatic carbocycles. The summed E-state index contributed by atoms with van der Waals surface area (Å²) in [6, 6.07) is 10.8. The van der Waals surface area contributed by atoms with Crippen molar-refractivity contribution >= 4 is 0 Å². The van der Waals surface area contributed by atoms with E-state index in [9.17, 15) is 5.11 Å². The maximum Gasteiger partial charge on any atom is 0.119 e. The van der Waals surface area contributed by atoms with Crippen LogP contribution in [-0.4, -0.2) is 83.3 Å². The number of benzene rings is 1. The number of nitrogens with zero attached hydrogens (tertiary/aromatic N) is 4. The number of morpholine rings is 1. The van der Waals surface area contributed by atoms with Crippen molar-refractivity contribution in [3.8, 4) is 5.75 Å². The number of likely N-dealkylation sites (tertiary alicyclic amines) is 1. The third kappa shape index (κ3) is 5.36. The van der Waals surface area contributed by atoms with Crippen LogP contribution in [0.15, 0.2) is 30.3 Å². The summed E-state index contributed by atoms with van der Waals surface area (Å²) in [6.45, 7) is 11.3. The van der Waals surface area contributed by atoms with Gasteiger partial charge >= 0.3 is 0 Å². The quantitative estimate of drug-likeness (QED) is 0.727. The van der Waals surface area contributed by atoms with E-state index in [1.54, 1.807) is 0 Å².